The number of Topliss-reactive ketones (excluding diaryl/α,β-unsaturated/α-hetero) is 1. The Bertz CT molecular complexity index is 542. The second-order valence-corrected chi connectivity index (χ2v) is 7.99. The Kier molecular flexibility index (Phi) is 7.27. The normalized spacial score (nSPS) is 16.4. The van der Waals surface area contributed by atoms with Crippen LogP contribution in [0, 0.1) is 0 Å². The highest BCUT2D eigenvalue weighted by Crippen LogP contribution is 2.46. The molecular formula is C18H25Cl2NOS. The van der Waals surface area contributed by atoms with Gasteiger partial charge in [0, 0.05) is 12.3 Å². The highest BCUT2D eigenvalue weighted by Gasteiger charge is 2.44. The zero-order chi connectivity index (χ0) is 16.9. The van der Waals surface area contributed by atoms with E-state index in [-0.39, 0.29) is 5.41 Å². The molecule has 0 N–H and O–H groups in total. The quantitative estimate of drug-likeness (QED) is 0.564. The van der Waals surface area contributed by atoms with Crippen molar-refractivity contribution < 1.29 is 4.79 Å². The summed E-state index contributed by atoms with van der Waals surface area (Å²) in [6.45, 7) is 7.53. The number of rotatable bonds is 9. The summed E-state index contributed by atoms with van der Waals surface area (Å²) in [6.07, 6.45) is 2.97. The van der Waals surface area contributed by atoms with E-state index >= 15 is 0 Å². The molecule has 0 radical (unpaired) electrons. The van der Waals surface area contributed by atoms with Crippen LogP contribution in [0.25, 0.3) is 0 Å². The number of hydrogen-bond donors (Lipinski definition) is 0. The molecule has 0 aliphatic heterocycles. The average molecular weight is 374 g/mol. The van der Waals surface area contributed by atoms with Gasteiger partial charge in [-0.05, 0) is 43.6 Å². The van der Waals surface area contributed by atoms with Crippen molar-refractivity contribution >= 4 is 40.7 Å². The van der Waals surface area contributed by atoms with E-state index in [1.54, 1.807) is 17.8 Å². The Balaban J connectivity index is 1.94. The highest BCUT2D eigenvalue weighted by atomic mass is 35.5. The Morgan fingerprint density at radius 2 is 1.91 bits per heavy atom. The second-order valence-electron chi connectivity index (χ2n) is 6.07. The lowest BCUT2D eigenvalue weighted by molar-refractivity contribution is -0.125. The minimum atomic E-state index is -0.323. The minimum absolute atomic E-state index is 0.323. The van der Waals surface area contributed by atoms with Gasteiger partial charge in [0.1, 0.15) is 0 Å². The predicted octanol–water partition coefficient (Wildman–Crippen LogP) is 5.06. The van der Waals surface area contributed by atoms with Crippen LogP contribution in [0.2, 0.25) is 10.0 Å². The summed E-state index contributed by atoms with van der Waals surface area (Å²) in [7, 11) is 0. The molecule has 1 aliphatic carbocycles. The van der Waals surface area contributed by atoms with E-state index in [1.807, 2.05) is 12.1 Å². The number of carbonyl (C=O) groups excluding carboxylic acids is 1. The van der Waals surface area contributed by atoms with Gasteiger partial charge in [-0.25, -0.2) is 0 Å². The molecule has 1 aromatic rings. The first-order chi connectivity index (χ1) is 11.0. The standard InChI is InChI=1S/C18H25Cl2NOS/c1-3-21(4-2)10-11-23-13-17(22)18(8-5-9-18)14-6-7-15(19)16(20)12-14/h6-7,12H,3-5,8-11,13H2,1-2H3. The maximum absolute atomic E-state index is 12.8. The molecule has 0 heterocycles. The zero-order valence-electron chi connectivity index (χ0n) is 13.9. The smallest absolute Gasteiger partial charge is 0.153 e. The summed E-state index contributed by atoms with van der Waals surface area (Å²) in [5, 5.41) is 1.09. The molecule has 0 unspecified atom stereocenters. The first-order valence-corrected chi connectivity index (χ1v) is 10.2. The number of benzene rings is 1. The van der Waals surface area contributed by atoms with Gasteiger partial charge in [-0.15, -0.1) is 0 Å². The van der Waals surface area contributed by atoms with Crippen LogP contribution < -0.4 is 0 Å². The number of ketones is 1. The zero-order valence-corrected chi connectivity index (χ0v) is 16.2. The van der Waals surface area contributed by atoms with Gasteiger partial charge in [-0.2, -0.15) is 11.8 Å². The number of halogens is 2. The molecule has 0 atom stereocenters. The van der Waals surface area contributed by atoms with Crippen molar-refractivity contribution in [3.8, 4) is 0 Å². The van der Waals surface area contributed by atoms with Crippen LogP contribution in [0.5, 0.6) is 0 Å². The largest absolute Gasteiger partial charge is 0.303 e. The van der Waals surface area contributed by atoms with Crippen LogP contribution in [0.15, 0.2) is 18.2 Å². The molecule has 1 aromatic carbocycles. The van der Waals surface area contributed by atoms with E-state index < -0.39 is 0 Å². The van der Waals surface area contributed by atoms with E-state index in [4.69, 9.17) is 23.2 Å². The molecular weight excluding hydrogens is 349 g/mol. The lowest BCUT2D eigenvalue weighted by Gasteiger charge is -2.41. The van der Waals surface area contributed by atoms with Crippen molar-refractivity contribution in [3.05, 3.63) is 33.8 Å². The third kappa shape index (κ3) is 4.45. The Hall–Kier alpha value is -0.220. The monoisotopic (exact) mass is 373 g/mol. The summed E-state index contributed by atoms with van der Waals surface area (Å²) in [5.74, 6) is 1.93. The lowest BCUT2D eigenvalue weighted by atomic mass is 9.62. The first-order valence-electron chi connectivity index (χ1n) is 8.32. The molecule has 1 aliphatic rings. The SMILES string of the molecule is CCN(CC)CCSCC(=O)C1(c2ccc(Cl)c(Cl)c2)CCC1. The molecule has 0 bridgehead atoms. The number of nitrogens with zero attached hydrogens (tertiary/aromatic N) is 1. The summed E-state index contributed by atoms with van der Waals surface area (Å²) < 4.78 is 0. The summed E-state index contributed by atoms with van der Waals surface area (Å²) in [4.78, 5) is 15.2. The summed E-state index contributed by atoms with van der Waals surface area (Å²) >= 11 is 13.9. The fourth-order valence-electron chi connectivity index (χ4n) is 3.09. The molecule has 128 valence electrons. The molecule has 0 saturated heterocycles. The molecule has 1 saturated carbocycles. The first kappa shape index (κ1) is 19.1. The van der Waals surface area contributed by atoms with Crippen LogP contribution in [-0.2, 0) is 10.2 Å². The Morgan fingerprint density at radius 1 is 1.22 bits per heavy atom. The number of thioether (sulfide) groups is 1. The van der Waals surface area contributed by atoms with Crippen molar-refractivity contribution in [2.75, 3.05) is 31.1 Å². The molecule has 1 fully saturated rings. The molecule has 2 nitrogen and oxygen atoms in total. The molecule has 0 aromatic heterocycles. The van der Waals surface area contributed by atoms with Crippen molar-refractivity contribution in [1.82, 2.24) is 4.90 Å². The fourth-order valence-corrected chi connectivity index (χ4v) is 4.38. The maximum atomic E-state index is 12.8. The molecule has 5 heteroatoms. The average Bonchev–Trinajstić information content (AvgIpc) is 2.50. The van der Waals surface area contributed by atoms with Crippen molar-refractivity contribution in [2.24, 2.45) is 0 Å². The van der Waals surface area contributed by atoms with E-state index in [0.717, 1.165) is 50.2 Å². The van der Waals surface area contributed by atoms with E-state index in [0.29, 0.717) is 21.6 Å². The van der Waals surface area contributed by atoms with Gasteiger partial charge in [0.25, 0.3) is 0 Å². The van der Waals surface area contributed by atoms with E-state index in [9.17, 15) is 4.79 Å². The van der Waals surface area contributed by atoms with E-state index in [1.165, 1.54) is 0 Å². The maximum Gasteiger partial charge on any atom is 0.153 e. The van der Waals surface area contributed by atoms with Crippen LogP contribution >= 0.6 is 35.0 Å². The fraction of sp³-hybridized carbons (Fsp3) is 0.611. The minimum Gasteiger partial charge on any atom is -0.303 e. The Morgan fingerprint density at radius 3 is 2.43 bits per heavy atom. The predicted molar refractivity (Wildman–Crippen MR) is 102 cm³/mol. The van der Waals surface area contributed by atoms with Gasteiger partial charge in [-0.3, -0.25) is 4.79 Å². The third-order valence-electron chi connectivity index (χ3n) is 4.89. The van der Waals surface area contributed by atoms with E-state index in [2.05, 4.69) is 18.7 Å². The summed E-state index contributed by atoms with van der Waals surface area (Å²) in [6, 6.07) is 5.65. The van der Waals surface area contributed by atoms with Crippen LogP contribution in [-0.4, -0.2) is 41.8 Å². The number of hydrogen-bond acceptors (Lipinski definition) is 3. The molecule has 0 spiro atoms. The van der Waals surface area contributed by atoms with Gasteiger partial charge >= 0.3 is 0 Å². The topological polar surface area (TPSA) is 20.3 Å². The van der Waals surface area contributed by atoms with Gasteiger partial charge in [0.2, 0.25) is 0 Å². The van der Waals surface area contributed by atoms with Gasteiger partial charge in [0.15, 0.2) is 5.78 Å². The second kappa shape index (κ2) is 8.75. The Labute approximate surface area is 153 Å². The van der Waals surface area contributed by atoms with Crippen LogP contribution in [0.1, 0.15) is 38.7 Å². The highest BCUT2D eigenvalue weighted by molar-refractivity contribution is 7.99. The molecule has 2 rings (SSSR count). The third-order valence-corrected chi connectivity index (χ3v) is 6.57. The van der Waals surface area contributed by atoms with Gasteiger partial charge < -0.3 is 4.90 Å². The van der Waals surface area contributed by atoms with Crippen molar-refractivity contribution in [2.45, 2.75) is 38.5 Å². The summed E-state index contributed by atoms with van der Waals surface area (Å²) in [5.41, 5.74) is 0.712. The van der Waals surface area contributed by atoms with Gasteiger partial charge in [-0.1, -0.05) is 49.5 Å². The van der Waals surface area contributed by atoms with Crippen molar-refractivity contribution in [3.63, 3.8) is 0 Å². The molecule has 0 amide bonds. The number of carbonyl (C=O) groups is 1. The van der Waals surface area contributed by atoms with Gasteiger partial charge in [0.05, 0.1) is 21.2 Å². The molecule has 23 heavy (non-hydrogen) atoms. The van der Waals surface area contributed by atoms with Crippen LogP contribution in [0.4, 0.5) is 0 Å². The van der Waals surface area contributed by atoms with Crippen molar-refractivity contribution in [1.29, 1.82) is 0 Å². The lowest BCUT2D eigenvalue weighted by Crippen LogP contribution is -2.43. The van der Waals surface area contributed by atoms with Crippen LogP contribution in [0.3, 0.4) is 0 Å².